The predicted octanol–water partition coefficient (Wildman–Crippen LogP) is 2.91. The number of benzene rings is 1. The van der Waals surface area contributed by atoms with Crippen LogP contribution in [-0.4, -0.2) is 42.8 Å². The zero-order chi connectivity index (χ0) is 21.2. The van der Waals surface area contributed by atoms with Crippen LogP contribution >= 0.6 is 0 Å². The van der Waals surface area contributed by atoms with Crippen molar-refractivity contribution < 1.29 is 23.9 Å². The number of nitrogens with one attached hydrogen (secondary N) is 2. The van der Waals surface area contributed by atoms with E-state index >= 15 is 0 Å². The van der Waals surface area contributed by atoms with Crippen molar-refractivity contribution in [3.8, 4) is 0 Å². The Hall–Kier alpha value is -2.83. The lowest BCUT2D eigenvalue weighted by Crippen LogP contribution is -2.51. The van der Waals surface area contributed by atoms with Crippen molar-refractivity contribution in [2.24, 2.45) is 5.92 Å². The second kappa shape index (κ2) is 11.1. The third-order valence-electron chi connectivity index (χ3n) is 3.48. The van der Waals surface area contributed by atoms with Crippen LogP contribution in [0.1, 0.15) is 40.2 Å². The fourth-order valence-corrected chi connectivity index (χ4v) is 2.18. The van der Waals surface area contributed by atoms with Gasteiger partial charge in [0.15, 0.2) is 0 Å². The van der Waals surface area contributed by atoms with Gasteiger partial charge in [-0.05, 0) is 38.3 Å². The van der Waals surface area contributed by atoms with Gasteiger partial charge in [-0.25, -0.2) is 4.79 Å². The molecule has 0 unspecified atom stereocenters. The van der Waals surface area contributed by atoms with E-state index in [2.05, 4.69) is 10.6 Å². The number of hydrogen-bond acceptors (Lipinski definition) is 5. The normalized spacial score (nSPS) is 12.5. The molecule has 1 rings (SSSR count). The Morgan fingerprint density at radius 1 is 1.11 bits per heavy atom. The van der Waals surface area contributed by atoms with Gasteiger partial charge in [0.2, 0.25) is 5.91 Å². The van der Waals surface area contributed by atoms with Crippen LogP contribution < -0.4 is 10.6 Å². The van der Waals surface area contributed by atoms with Gasteiger partial charge in [-0.3, -0.25) is 9.59 Å². The molecule has 0 aliphatic carbocycles. The van der Waals surface area contributed by atoms with Gasteiger partial charge in [-0.15, -0.1) is 0 Å². The van der Waals surface area contributed by atoms with Crippen molar-refractivity contribution in [2.75, 3.05) is 13.2 Å². The Morgan fingerprint density at radius 2 is 1.75 bits per heavy atom. The van der Waals surface area contributed by atoms with Gasteiger partial charge in [-0.1, -0.05) is 50.3 Å². The first kappa shape index (κ1) is 23.2. The smallest absolute Gasteiger partial charge is 0.408 e. The lowest BCUT2D eigenvalue weighted by atomic mass is 10.0. The molecule has 28 heavy (non-hydrogen) atoms. The van der Waals surface area contributed by atoms with Crippen LogP contribution in [0, 0.1) is 5.92 Å². The highest BCUT2D eigenvalue weighted by Gasteiger charge is 2.27. The van der Waals surface area contributed by atoms with Crippen molar-refractivity contribution in [3.05, 3.63) is 42.0 Å². The van der Waals surface area contributed by atoms with Crippen molar-refractivity contribution in [1.29, 1.82) is 0 Å². The molecular weight excluding hydrogens is 360 g/mol. The highest BCUT2D eigenvalue weighted by molar-refractivity contribution is 5.88. The van der Waals surface area contributed by atoms with Crippen LogP contribution in [0.3, 0.4) is 0 Å². The zero-order valence-electron chi connectivity index (χ0n) is 17.2. The minimum atomic E-state index is -0.819. The third kappa shape index (κ3) is 9.75. The molecule has 0 aliphatic rings. The molecule has 1 aromatic carbocycles. The van der Waals surface area contributed by atoms with Crippen LogP contribution in [0.15, 0.2) is 36.4 Å². The first-order chi connectivity index (χ1) is 13.1. The predicted molar refractivity (Wildman–Crippen MR) is 107 cm³/mol. The maximum Gasteiger partial charge on any atom is 0.408 e. The number of rotatable bonds is 8. The highest BCUT2D eigenvalue weighted by Crippen LogP contribution is 2.09. The molecule has 0 fully saturated rings. The molecule has 0 saturated heterocycles. The van der Waals surface area contributed by atoms with Crippen molar-refractivity contribution in [1.82, 2.24) is 10.6 Å². The summed E-state index contributed by atoms with van der Waals surface area (Å²) in [5.41, 5.74) is 0.332. The van der Waals surface area contributed by atoms with Gasteiger partial charge in [-0.2, -0.15) is 0 Å². The van der Waals surface area contributed by atoms with Crippen LogP contribution in [0.5, 0.6) is 0 Å². The number of esters is 1. The number of amides is 2. The molecule has 1 aromatic rings. The quantitative estimate of drug-likeness (QED) is 0.666. The molecule has 2 amide bonds. The molecule has 0 saturated carbocycles. The van der Waals surface area contributed by atoms with Crippen LogP contribution in [-0.2, 0) is 19.1 Å². The maximum absolute atomic E-state index is 12.3. The fraction of sp³-hybridized carbons (Fsp3) is 0.476. The summed E-state index contributed by atoms with van der Waals surface area (Å²) in [7, 11) is 0. The summed E-state index contributed by atoms with van der Waals surface area (Å²) in [6.45, 7) is 8.60. The summed E-state index contributed by atoms with van der Waals surface area (Å²) in [4.78, 5) is 36.0. The molecule has 7 nitrogen and oxygen atoms in total. The van der Waals surface area contributed by atoms with E-state index < -0.39 is 29.6 Å². The average molecular weight is 390 g/mol. The summed E-state index contributed by atoms with van der Waals surface area (Å²) in [6.07, 6.45) is 2.87. The van der Waals surface area contributed by atoms with Gasteiger partial charge in [0.05, 0.1) is 0 Å². The second-order valence-corrected chi connectivity index (χ2v) is 7.58. The first-order valence-corrected chi connectivity index (χ1v) is 9.23. The minimum absolute atomic E-state index is 0.105. The Bertz CT molecular complexity index is 678. The van der Waals surface area contributed by atoms with E-state index in [1.807, 2.05) is 36.4 Å². The molecule has 0 spiro atoms. The maximum atomic E-state index is 12.3. The van der Waals surface area contributed by atoms with E-state index in [9.17, 15) is 14.4 Å². The minimum Gasteiger partial charge on any atom is -0.460 e. The summed E-state index contributed by atoms with van der Waals surface area (Å²) in [5.74, 6) is -1.22. The van der Waals surface area contributed by atoms with E-state index in [4.69, 9.17) is 9.47 Å². The van der Waals surface area contributed by atoms with Gasteiger partial charge in [0.25, 0.3) is 0 Å². The second-order valence-electron chi connectivity index (χ2n) is 7.58. The number of alkyl carbamates (subject to hydrolysis) is 1. The Balaban J connectivity index is 2.41. The standard InChI is InChI=1S/C21H30N2O5/c1-15(2)18(23-20(26)28-21(3,4)5)19(25)22-14-17(24)27-13-9-12-16-10-7-6-8-11-16/h6-12,15,18H,13-14H2,1-5H3,(H,22,25)(H,23,26)/b12-9+/t18-/m0/s1. The Morgan fingerprint density at radius 3 is 2.32 bits per heavy atom. The largest absolute Gasteiger partial charge is 0.460 e. The van der Waals surface area contributed by atoms with Gasteiger partial charge in [0, 0.05) is 0 Å². The van der Waals surface area contributed by atoms with Crippen molar-refractivity contribution in [3.63, 3.8) is 0 Å². The number of ether oxygens (including phenoxy) is 2. The lowest BCUT2D eigenvalue weighted by molar-refractivity contribution is -0.143. The highest BCUT2D eigenvalue weighted by atomic mass is 16.6. The Kier molecular flexibility index (Phi) is 9.21. The summed E-state index contributed by atoms with van der Waals surface area (Å²) in [5, 5.41) is 5.01. The molecule has 0 heterocycles. The van der Waals surface area contributed by atoms with Gasteiger partial charge >= 0.3 is 12.1 Å². The zero-order valence-corrected chi connectivity index (χ0v) is 17.2. The molecule has 154 valence electrons. The van der Waals surface area contributed by atoms with E-state index in [1.54, 1.807) is 40.7 Å². The number of carbonyl (C=O) groups is 3. The molecule has 0 radical (unpaired) electrons. The first-order valence-electron chi connectivity index (χ1n) is 9.23. The summed E-state index contributed by atoms with van der Waals surface area (Å²) in [6, 6.07) is 8.79. The molecule has 0 bridgehead atoms. The van der Waals surface area contributed by atoms with E-state index in [1.165, 1.54) is 0 Å². The molecule has 0 aromatic heterocycles. The molecule has 0 aliphatic heterocycles. The SMILES string of the molecule is CC(C)[C@H](NC(=O)OC(C)(C)C)C(=O)NCC(=O)OC/C=C/c1ccccc1. The third-order valence-corrected chi connectivity index (χ3v) is 3.48. The van der Waals surface area contributed by atoms with E-state index in [-0.39, 0.29) is 19.1 Å². The van der Waals surface area contributed by atoms with Crippen molar-refractivity contribution >= 4 is 24.0 Å². The van der Waals surface area contributed by atoms with E-state index in [0.29, 0.717) is 0 Å². The van der Waals surface area contributed by atoms with Crippen LogP contribution in [0.25, 0.3) is 6.08 Å². The molecule has 1 atom stereocenters. The van der Waals surface area contributed by atoms with Crippen LogP contribution in [0.2, 0.25) is 0 Å². The average Bonchev–Trinajstić information content (AvgIpc) is 2.60. The topological polar surface area (TPSA) is 93.7 Å². The lowest BCUT2D eigenvalue weighted by Gasteiger charge is -2.25. The van der Waals surface area contributed by atoms with Crippen molar-refractivity contribution in [2.45, 2.75) is 46.3 Å². The number of hydrogen-bond donors (Lipinski definition) is 2. The Labute approximate surface area is 166 Å². The number of carbonyl (C=O) groups excluding carboxylic acids is 3. The van der Waals surface area contributed by atoms with Gasteiger partial charge in [0.1, 0.15) is 24.8 Å². The monoisotopic (exact) mass is 390 g/mol. The summed E-state index contributed by atoms with van der Waals surface area (Å²) < 4.78 is 10.2. The fourth-order valence-electron chi connectivity index (χ4n) is 2.18. The van der Waals surface area contributed by atoms with Crippen LogP contribution in [0.4, 0.5) is 4.79 Å². The molecular formula is C21H30N2O5. The van der Waals surface area contributed by atoms with E-state index in [0.717, 1.165) is 5.56 Å². The summed E-state index contributed by atoms with van der Waals surface area (Å²) >= 11 is 0. The van der Waals surface area contributed by atoms with Gasteiger partial charge < -0.3 is 20.1 Å². The molecule has 7 heteroatoms. The molecule has 2 N–H and O–H groups in total.